The maximum Gasteiger partial charge on any atom is 0.329 e. The second kappa shape index (κ2) is 9.99. The molecule has 3 aromatic rings. The van der Waals surface area contributed by atoms with Crippen LogP contribution in [0.4, 0.5) is 14.9 Å². The molecule has 0 aromatic heterocycles. The van der Waals surface area contributed by atoms with E-state index in [-0.39, 0.29) is 18.8 Å². The molecule has 7 nitrogen and oxygen atoms in total. The minimum Gasteiger partial charge on any atom is -0.483 e. The predicted octanol–water partition coefficient (Wildman–Crippen LogP) is 4.24. The molecule has 1 heterocycles. The predicted molar refractivity (Wildman–Crippen MR) is 125 cm³/mol. The number of benzene rings is 3. The van der Waals surface area contributed by atoms with Crippen molar-refractivity contribution in [2.45, 2.75) is 13.5 Å². The van der Waals surface area contributed by atoms with Crippen LogP contribution >= 0.6 is 0 Å². The zero-order valence-electron chi connectivity index (χ0n) is 18.4. The largest absolute Gasteiger partial charge is 0.483 e. The highest BCUT2D eigenvalue weighted by Gasteiger charge is 2.33. The number of aryl methyl sites for hydroxylation is 1. The first-order valence-corrected chi connectivity index (χ1v) is 10.6. The first-order chi connectivity index (χ1) is 16.4. The molecule has 1 fully saturated rings. The lowest BCUT2D eigenvalue weighted by molar-refractivity contribution is -0.123. The highest BCUT2D eigenvalue weighted by atomic mass is 19.1. The summed E-state index contributed by atoms with van der Waals surface area (Å²) in [5.41, 5.74) is 2.97. The smallest absolute Gasteiger partial charge is 0.329 e. The van der Waals surface area contributed by atoms with Crippen molar-refractivity contribution < 1.29 is 23.5 Å². The number of hydrogen-bond acceptors (Lipinski definition) is 4. The van der Waals surface area contributed by atoms with Crippen LogP contribution in [0.5, 0.6) is 5.75 Å². The fraction of sp³-hybridized carbons (Fsp3) is 0.115. The van der Waals surface area contributed by atoms with Gasteiger partial charge in [-0.1, -0.05) is 48.0 Å². The number of urea groups is 1. The van der Waals surface area contributed by atoms with Gasteiger partial charge in [0.2, 0.25) is 0 Å². The minimum atomic E-state index is -0.505. The van der Waals surface area contributed by atoms with E-state index in [9.17, 15) is 18.8 Å². The van der Waals surface area contributed by atoms with Crippen LogP contribution in [0.15, 0.2) is 78.5 Å². The van der Waals surface area contributed by atoms with Crippen molar-refractivity contribution in [1.29, 1.82) is 0 Å². The third-order valence-electron chi connectivity index (χ3n) is 5.09. The van der Waals surface area contributed by atoms with Crippen molar-refractivity contribution in [3.63, 3.8) is 0 Å². The number of carbonyl (C=O) groups is 3. The summed E-state index contributed by atoms with van der Waals surface area (Å²) in [6.07, 6.45) is 1.52. The summed E-state index contributed by atoms with van der Waals surface area (Å²) < 4.78 is 18.6. The van der Waals surface area contributed by atoms with Crippen LogP contribution in [0.2, 0.25) is 0 Å². The molecule has 0 saturated carbocycles. The highest BCUT2D eigenvalue weighted by Crippen LogP contribution is 2.23. The molecule has 1 aliphatic heterocycles. The quantitative estimate of drug-likeness (QED) is 0.409. The van der Waals surface area contributed by atoms with Crippen molar-refractivity contribution in [2.24, 2.45) is 0 Å². The average Bonchev–Trinajstić information content (AvgIpc) is 3.07. The third-order valence-corrected chi connectivity index (χ3v) is 5.09. The molecule has 1 saturated heterocycles. The second-order valence-electron chi connectivity index (χ2n) is 7.75. The van der Waals surface area contributed by atoms with E-state index in [0.29, 0.717) is 17.0 Å². The van der Waals surface area contributed by atoms with Crippen LogP contribution in [0.25, 0.3) is 6.08 Å². The Labute approximate surface area is 195 Å². The van der Waals surface area contributed by atoms with Crippen LogP contribution in [0, 0.1) is 12.7 Å². The summed E-state index contributed by atoms with van der Waals surface area (Å²) >= 11 is 0. The SMILES string of the molecule is Cc1cccc(CN2C(=O)N/C(=C/c3ccccc3OCC(=O)Nc3ccc(F)cc3)C2=O)c1. The van der Waals surface area contributed by atoms with Gasteiger partial charge in [0.1, 0.15) is 17.3 Å². The summed E-state index contributed by atoms with van der Waals surface area (Å²) in [7, 11) is 0. The Morgan fingerprint density at radius 1 is 1.06 bits per heavy atom. The molecular weight excluding hydrogens is 437 g/mol. The van der Waals surface area contributed by atoms with Gasteiger partial charge in [0.05, 0.1) is 6.54 Å². The number of imide groups is 1. The van der Waals surface area contributed by atoms with Gasteiger partial charge in [0.15, 0.2) is 6.61 Å². The van der Waals surface area contributed by atoms with Gasteiger partial charge in [-0.05, 0) is 48.9 Å². The van der Waals surface area contributed by atoms with Gasteiger partial charge < -0.3 is 15.4 Å². The Bertz CT molecular complexity index is 1270. The molecule has 2 N–H and O–H groups in total. The van der Waals surface area contributed by atoms with Crippen LogP contribution in [-0.2, 0) is 16.1 Å². The average molecular weight is 459 g/mol. The van der Waals surface area contributed by atoms with Crippen molar-refractivity contribution in [3.05, 3.63) is 101 Å². The lowest BCUT2D eigenvalue weighted by atomic mass is 10.1. The Morgan fingerprint density at radius 2 is 1.82 bits per heavy atom. The molecule has 0 atom stereocenters. The summed E-state index contributed by atoms with van der Waals surface area (Å²) in [6, 6.07) is 19.3. The molecule has 172 valence electrons. The van der Waals surface area contributed by atoms with E-state index in [1.807, 2.05) is 31.2 Å². The van der Waals surface area contributed by atoms with Gasteiger partial charge in [0, 0.05) is 11.3 Å². The lowest BCUT2D eigenvalue weighted by Crippen LogP contribution is -2.30. The molecular formula is C26H22FN3O4. The third kappa shape index (κ3) is 5.47. The van der Waals surface area contributed by atoms with E-state index in [2.05, 4.69) is 10.6 Å². The molecule has 0 unspecified atom stereocenters. The van der Waals surface area contributed by atoms with Crippen LogP contribution < -0.4 is 15.4 Å². The fourth-order valence-electron chi connectivity index (χ4n) is 3.47. The molecule has 1 aliphatic rings. The number of halogens is 1. The molecule has 4 amide bonds. The summed E-state index contributed by atoms with van der Waals surface area (Å²) in [4.78, 5) is 38.6. The van der Waals surface area contributed by atoms with Crippen molar-refractivity contribution >= 4 is 29.6 Å². The normalized spacial score (nSPS) is 14.3. The molecule has 0 radical (unpaired) electrons. The minimum absolute atomic E-state index is 0.115. The number of carbonyl (C=O) groups excluding carboxylic acids is 3. The van der Waals surface area contributed by atoms with Crippen LogP contribution in [0.1, 0.15) is 16.7 Å². The molecule has 0 aliphatic carbocycles. The fourth-order valence-corrected chi connectivity index (χ4v) is 3.47. The topological polar surface area (TPSA) is 87.7 Å². The molecule has 0 bridgehead atoms. The van der Waals surface area contributed by atoms with Crippen LogP contribution in [-0.4, -0.2) is 29.4 Å². The number of hydrogen-bond donors (Lipinski definition) is 2. The Kier molecular flexibility index (Phi) is 6.68. The zero-order chi connectivity index (χ0) is 24.1. The Morgan fingerprint density at radius 3 is 2.59 bits per heavy atom. The summed E-state index contributed by atoms with van der Waals surface area (Å²) in [5, 5.41) is 5.21. The lowest BCUT2D eigenvalue weighted by Gasteiger charge is -2.12. The Hall–Kier alpha value is -4.46. The van der Waals surface area contributed by atoms with Crippen LogP contribution in [0.3, 0.4) is 0 Å². The standard InChI is InChI=1S/C26H22FN3O4/c1-17-5-4-6-18(13-17)15-30-25(32)22(29-26(30)33)14-19-7-2-3-8-23(19)34-16-24(31)28-21-11-9-20(27)10-12-21/h2-14H,15-16H2,1H3,(H,28,31)(H,29,33)/b22-14+. The first kappa shape index (κ1) is 22.7. The highest BCUT2D eigenvalue weighted by molar-refractivity contribution is 6.14. The number of ether oxygens (including phenoxy) is 1. The van der Waals surface area contributed by atoms with Gasteiger partial charge in [-0.15, -0.1) is 0 Å². The van der Waals surface area contributed by atoms with E-state index >= 15 is 0 Å². The van der Waals surface area contributed by atoms with E-state index in [1.165, 1.54) is 30.3 Å². The van der Waals surface area contributed by atoms with E-state index < -0.39 is 23.7 Å². The Balaban J connectivity index is 1.44. The van der Waals surface area contributed by atoms with E-state index in [4.69, 9.17) is 4.74 Å². The monoisotopic (exact) mass is 459 g/mol. The number of nitrogens with zero attached hydrogens (tertiary/aromatic N) is 1. The van der Waals surface area contributed by atoms with E-state index in [1.54, 1.807) is 24.3 Å². The molecule has 34 heavy (non-hydrogen) atoms. The number of nitrogens with one attached hydrogen (secondary N) is 2. The second-order valence-corrected chi connectivity index (χ2v) is 7.75. The first-order valence-electron chi connectivity index (χ1n) is 10.6. The van der Waals surface area contributed by atoms with Crippen molar-refractivity contribution in [2.75, 3.05) is 11.9 Å². The molecule has 4 rings (SSSR count). The zero-order valence-corrected chi connectivity index (χ0v) is 18.4. The molecule has 3 aromatic carbocycles. The number of amides is 4. The van der Waals surface area contributed by atoms with Gasteiger partial charge in [-0.3, -0.25) is 14.5 Å². The maximum absolute atomic E-state index is 13.0. The van der Waals surface area contributed by atoms with Gasteiger partial charge in [-0.25, -0.2) is 9.18 Å². The summed E-state index contributed by atoms with van der Waals surface area (Å²) in [5.74, 6) is -0.912. The number of rotatable bonds is 7. The number of anilines is 1. The number of para-hydroxylation sites is 1. The van der Waals surface area contributed by atoms with E-state index in [0.717, 1.165) is 16.0 Å². The summed E-state index contributed by atoms with van der Waals surface area (Å²) in [6.45, 7) is 1.81. The molecule has 0 spiro atoms. The van der Waals surface area contributed by atoms with Gasteiger partial charge in [-0.2, -0.15) is 0 Å². The van der Waals surface area contributed by atoms with Gasteiger partial charge >= 0.3 is 6.03 Å². The van der Waals surface area contributed by atoms with Crippen molar-refractivity contribution in [3.8, 4) is 5.75 Å². The molecule has 8 heteroatoms. The maximum atomic E-state index is 13.0. The van der Waals surface area contributed by atoms with Crippen molar-refractivity contribution in [1.82, 2.24) is 10.2 Å². The van der Waals surface area contributed by atoms with Gasteiger partial charge in [0.25, 0.3) is 11.8 Å².